The van der Waals surface area contributed by atoms with Crippen molar-refractivity contribution in [1.82, 2.24) is 5.32 Å². The summed E-state index contributed by atoms with van der Waals surface area (Å²) in [5.41, 5.74) is 1.97. The van der Waals surface area contributed by atoms with Gasteiger partial charge in [0.2, 0.25) is 0 Å². The first-order valence-electron chi connectivity index (χ1n) is 15.3. The van der Waals surface area contributed by atoms with Gasteiger partial charge in [0, 0.05) is 5.54 Å². The molecule has 0 heterocycles. The van der Waals surface area contributed by atoms with Crippen molar-refractivity contribution in [3.05, 3.63) is 24.3 Å². The number of hydrogen-bond acceptors (Lipinski definition) is 2. The molecule has 4 saturated carbocycles. The molecule has 4 fully saturated rings. The average molecular weight is 510 g/mol. The molecule has 0 saturated heterocycles. The van der Waals surface area contributed by atoms with E-state index in [2.05, 4.69) is 65.6 Å². The summed E-state index contributed by atoms with van der Waals surface area (Å²) >= 11 is 0. The third-order valence-electron chi connectivity index (χ3n) is 13.1. The maximum absolute atomic E-state index is 13.2. The van der Waals surface area contributed by atoms with Gasteiger partial charge >= 0.3 is 6.09 Å². The Balaban J connectivity index is 1.51. The van der Waals surface area contributed by atoms with Crippen LogP contribution >= 0.6 is 0 Å². The van der Waals surface area contributed by atoms with Gasteiger partial charge in [0.15, 0.2) is 0 Å². The molecule has 0 aliphatic heterocycles. The Bertz CT molecular complexity index is 988. The SMILES string of the molecule is C=C(C)[C@@H]1CC[C@]2(NC(=O)OC(C)(C)C)CC[C@]3(C)[C@H](CC[C@@H]4[C@]5(C)CC=CC(C)(C)[C@H]5CC[C@]43C)[C@@H]12. The summed E-state index contributed by atoms with van der Waals surface area (Å²) in [5, 5.41) is 3.52. The highest BCUT2D eigenvalue weighted by molar-refractivity contribution is 5.69. The molecule has 5 rings (SSSR count). The summed E-state index contributed by atoms with van der Waals surface area (Å²) in [6.45, 7) is 25.6. The second-order valence-corrected chi connectivity index (χ2v) is 16.4. The van der Waals surface area contributed by atoms with Crippen molar-refractivity contribution < 1.29 is 9.53 Å². The zero-order valence-electron chi connectivity index (χ0n) is 25.4. The Morgan fingerprint density at radius 3 is 2.27 bits per heavy atom. The highest BCUT2D eigenvalue weighted by Gasteiger charge is 2.70. The molecule has 5 aliphatic carbocycles. The largest absolute Gasteiger partial charge is 0.444 e. The molecule has 0 aromatic heterocycles. The number of carbonyl (C=O) groups is 1. The summed E-state index contributed by atoms with van der Waals surface area (Å²) in [6.07, 6.45) is 15.8. The van der Waals surface area contributed by atoms with Gasteiger partial charge in [-0.05, 0) is 137 Å². The van der Waals surface area contributed by atoms with E-state index in [0.717, 1.165) is 31.1 Å². The number of rotatable bonds is 2. The van der Waals surface area contributed by atoms with E-state index in [9.17, 15) is 4.79 Å². The fourth-order valence-electron chi connectivity index (χ4n) is 11.5. The summed E-state index contributed by atoms with van der Waals surface area (Å²) in [6, 6.07) is 0. The Morgan fingerprint density at radius 1 is 0.919 bits per heavy atom. The number of hydrogen-bond donors (Lipinski definition) is 1. The van der Waals surface area contributed by atoms with Crippen molar-refractivity contribution in [2.24, 2.45) is 51.2 Å². The van der Waals surface area contributed by atoms with Gasteiger partial charge in [-0.3, -0.25) is 0 Å². The molecule has 3 heteroatoms. The molecule has 0 bridgehead atoms. The molecule has 1 N–H and O–H groups in total. The van der Waals surface area contributed by atoms with Crippen LogP contribution in [0.1, 0.15) is 120 Å². The zero-order chi connectivity index (χ0) is 27.2. The van der Waals surface area contributed by atoms with Crippen molar-refractivity contribution in [2.45, 2.75) is 131 Å². The number of alkyl carbamates (subject to hydrolysis) is 1. The molecule has 0 aromatic rings. The Morgan fingerprint density at radius 2 is 1.62 bits per heavy atom. The molecule has 0 radical (unpaired) electrons. The van der Waals surface area contributed by atoms with Crippen LogP contribution in [0, 0.1) is 51.2 Å². The lowest BCUT2D eigenvalue weighted by atomic mass is 9.33. The van der Waals surface area contributed by atoms with E-state index in [-0.39, 0.29) is 17.0 Å². The topological polar surface area (TPSA) is 38.3 Å². The summed E-state index contributed by atoms with van der Waals surface area (Å²) < 4.78 is 5.82. The van der Waals surface area contributed by atoms with Crippen molar-refractivity contribution in [3.8, 4) is 0 Å². The van der Waals surface area contributed by atoms with Gasteiger partial charge in [0.1, 0.15) is 5.60 Å². The molecule has 3 nitrogen and oxygen atoms in total. The predicted octanol–water partition coefficient (Wildman–Crippen LogP) is 9.09. The minimum absolute atomic E-state index is 0.157. The van der Waals surface area contributed by atoms with Crippen LogP contribution in [0.4, 0.5) is 4.79 Å². The lowest BCUT2D eigenvalue weighted by molar-refractivity contribution is -0.219. The second-order valence-electron chi connectivity index (χ2n) is 16.4. The van der Waals surface area contributed by atoms with Crippen molar-refractivity contribution >= 4 is 6.09 Å². The molecule has 9 atom stereocenters. The Labute approximate surface area is 227 Å². The number of fused-ring (bicyclic) bond motifs is 7. The van der Waals surface area contributed by atoms with E-state index >= 15 is 0 Å². The smallest absolute Gasteiger partial charge is 0.408 e. The van der Waals surface area contributed by atoms with E-state index in [1.807, 2.05) is 20.8 Å². The van der Waals surface area contributed by atoms with Crippen LogP contribution in [0.5, 0.6) is 0 Å². The van der Waals surface area contributed by atoms with Gasteiger partial charge in [-0.2, -0.15) is 0 Å². The molecular weight excluding hydrogens is 454 g/mol. The predicted molar refractivity (Wildman–Crippen MR) is 153 cm³/mol. The fraction of sp³-hybridized carbons (Fsp3) is 0.853. The van der Waals surface area contributed by atoms with E-state index in [4.69, 9.17) is 4.74 Å². The normalized spacial score (nSPS) is 48.2. The molecule has 0 unspecified atom stereocenters. The monoisotopic (exact) mass is 509 g/mol. The highest BCUT2D eigenvalue weighted by Crippen LogP contribution is 2.76. The van der Waals surface area contributed by atoms with Crippen LogP contribution in [0.25, 0.3) is 0 Å². The van der Waals surface area contributed by atoms with Crippen molar-refractivity contribution in [2.75, 3.05) is 0 Å². The lowest BCUT2D eigenvalue weighted by Gasteiger charge is -2.72. The van der Waals surface area contributed by atoms with Crippen LogP contribution in [-0.2, 0) is 4.74 Å². The molecule has 208 valence electrons. The summed E-state index contributed by atoms with van der Waals surface area (Å²) in [5.74, 6) is 3.11. The quantitative estimate of drug-likeness (QED) is 0.377. The summed E-state index contributed by atoms with van der Waals surface area (Å²) in [7, 11) is 0. The number of amides is 1. The standard InChI is InChI=1S/C34H55NO2/c1-22(2)23-14-19-34(35-28(36)37-29(3,4)5)21-20-32(9)24(27(23)34)12-13-26-31(8)17-11-16-30(6,7)25(31)15-18-33(26,32)10/h11,16,23-27H,1,12-15,17-21H2,2-10H3,(H,35,36)/t23-,24+,25+,26+,27+,31+,32+,33+,34-/m0/s1. The maximum atomic E-state index is 13.2. The van der Waals surface area contributed by atoms with Crippen LogP contribution in [-0.4, -0.2) is 17.2 Å². The molecule has 1 amide bonds. The number of ether oxygens (including phenoxy) is 1. The van der Waals surface area contributed by atoms with E-state index < -0.39 is 5.60 Å². The molecule has 37 heavy (non-hydrogen) atoms. The molecule has 0 spiro atoms. The minimum Gasteiger partial charge on any atom is -0.444 e. The third-order valence-corrected chi connectivity index (χ3v) is 13.1. The van der Waals surface area contributed by atoms with Crippen LogP contribution < -0.4 is 5.32 Å². The van der Waals surface area contributed by atoms with Gasteiger partial charge < -0.3 is 10.1 Å². The fourth-order valence-corrected chi connectivity index (χ4v) is 11.5. The molecule has 0 aromatic carbocycles. The number of nitrogens with one attached hydrogen (secondary N) is 1. The number of allylic oxidation sites excluding steroid dienone is 3. The zero-order valence-corrected chi connectivity index (χ0v) is 25.4. The van der Waals surface area contributed by atoms with Gasteiger partial charge in [-0.15, -0.1) is 0 Å². The lowest BCUT2D eigenvalue weighted by Crippen LogP contribution is -2.68. The second kappa shape index (κ2) is 8.37. The first-order chi connectivity index (χ1) is 17.0. The highest BCUT2D eigenvalue weighted by atomic mass is 16.6. The third kappa shape index (κ3) is 3.90. The van der Waals surface area contributed by atoms with Gasteiger partial charge in [-0.1, -0.05) is 58.9 Å². The Kier molecular flexibility index (Phi) is 6.18. The van der Waals surface area contributed by atoms with Gasteiger partial charge in [0.25, 0.3) is 0 Å². The van der Waals surface area contributed by atoms with Crippen LogP contribution in [0.15, 0.2) is 24.3 Å². The van der Waals surface area contributed by atoms with Crippen molar-refractivity contribution in [1.29, 1.82) is 0 Å². The average Bonchev–Trinajstić information content (AvgIpc) is 3.11. The Hall–Kier alpha value is -1.25. The minimum atomic E-state index is -0.479. The molecular formula is C34H55NO2. The maximum Gasteiger partial charge on any atom is 0.408 e. The van der Waals surface area contributed by atoms with Gasteiger partial charge in [-0.25, -0.2) is 4.79 Å². The summed E-state index contributed by atoms with van der Waals surface area (Å²) in [4.78, 5) is 13.2. The number of carbonyl (C=O) groups excluding carboxylic acids is 1. The van der Waals surface area contributed by atoms with Crippen LogP contribution in [0.2, 0.25) is 0 Å². The van der Waals surface area contributed by atoms with Crippen LogP contribution in [0.3, 0.4) is 0 Å². The van der Waals surface area contributed by atoms with Crippen molar-refractivity contribution in [3.63, 3.8) is 0 Å². The van der Waals surface area contributed by atoms with E-state index in [1.165, 1.54) is 44.1 Å². The van der Waals surface area contributed by atoms with Gasteiger partial charge in [0.05, 0.1) is 0 Å². The molecule has 5 aliphatic rings. The first kappa shape index (κ1) is 27.3. The van der Waals surface area contributed by atoms with E-state index in [1.54, 1.807) is 0 Å². The van der Waals surface area contributed by atoms with E-state index in [0.29, 0.717) is 34.0 Å². The first-order valence-corrected chi connectivity index (χ1v) is 15.3.